The van der Waals surface area contributed by atoms with Crippen molar-refractivity contribution in [2.75, 3.05) is 25.6 Å². The largest absolute Gasteiger partial charge is 0.396 e. The fourth-order valence-electron chi connectivity index (χ4n) is 1.28. The van der Waals surface area contributed by atoms with Crippen LogP contribution in [0.15, 0.2) is 29.4 Å². The van der Waals surface area contributed by atoms with Gasteiger partial charge in [0, 0.05) is 24.7 Å². The van der Waals surface area contributed by atoms with Crippen molar-refractivity contribution in [3.8, 4) is 0 Å². The molecule has 0 fully saturated rings. The predicted molar refractivity (Wildman–Crippen MR) is 59.7 cm³/mol. The van der Waals surface area contributed by atoms with E-state index < -0.39 is 6.04 Å². The van der Waals surface area contributed by atoms with Gasteiger partial charge in [-0.2, -0.15) is 0 Å². The van der Waals surface area contributed by atoms with E-state index in [1.165, 1.54) is 0 Å². The molecular weight excluding hydrogens is 192 g/mol. The average Bonchev–Trinajstić information content (AvgIpc) is 2.26. The Labute approximate surface area is 88.6 Å². The molecule has 0 spiro atoms. The van der Waals surface area contributed by atoms with Crippen LogP contribution < -0.4 is 4.90 Å². The maximum Gasteiger partial charge on any atom is 0.0857 e. The fraction of sp³-hybridized carbons (Fsp3) is 0.400. The second-order valence-corrected chi connectivity index (χ2v) is 3.39. The highest BCUT2D eigenvalue weighted by molar-refractivity contribution is 5.47. The van der Waals surface area contributed by atoms with Crippen LogP contribution in [0.1, 0.15) is 11.6 Å². The van der Waals surface area contributed by atoms with Crippen LogP contribution in [0.4, 0.5) is 5.69 Å². The van der Waals surface area contributed by atoms with Gasteiger partial charge in [0.25, 0.3) is 0 Å². The van der Waals surface area contributed by atoms with Crippen LogP contribution in [0.3, 0.4) is 0 Å². The lowest BCUT2D eigenvalue weighted by Gasteiger charge is -2.15. The highest BCUT2D eigenvalue weighted by Crippen LogP contribution is 2.21. The van der Waals surface area contributed by atoms with Crippen LogP contribution in [0.25, 0.3) is 10.4 Å². The molecule has 0 saturated heterocycles. The highest BCUT2D eigenvalue weighted by Gasteiger charge is 2.08. The number of azide groups is 1. The van der Waals surface area contributed by atoms with E-state index in [-0.39, 0.29) is 6.61 Å². The van der Waals surface area contributed by atoms with E-state index in [9.17, 15) is 0 Å². The normalized spacial score (nSPS) is 11.7. The van der Waals surface area contributed by atoms with Gasteiger partial charge in [-0.15, -0.1) is 0 Å². The van der Waals surface area contributed by atoms with Crippen LogP contribution in [-0.2, 0) is 0 Å². The topological polar surface area (TPSA) is 72.2 Å². The van der Waals surface area contributed by atoms with Crippen molar-refractivity contribution >= 4 is 5.69 Å². The van der Waals surface area contributed by atoms with Gasteiger partial charge in [-0.05, 0) is 23.2 Å². The first kappa shape index (κ1) is 11.4. The number of nitrogens with zero attached hydrogens (tertiary/aromatic N) is 4. The summed E-state index contributed by atoms with van der Waals surface area (Å²) in [5.74, 6) is 0. The van der Waals surface area contributed by atoms with Gasteiger partial charge in [0.05, 0.1) is 12.6 Å². The summed E-state index contributed by atoms with van der Waals surface area (Å²) in [7, 11) is 3.86. The Morgan fingerprint density at radius 3 is 2.80 bits per heavy atom. The van der Waals surface area contributed by atoms with Crippen LogP contribution in [0.5, 0.6) is 0 Å². The highest BCUT2D eigenvalue weighted by atomic mass is 16.3. The van der Waals surface area contributed by atoms with E-state index in [0.29, 0.717) is 0 Å². The number of anilines is 1. The molecule has 0 saturated carbocycles. The zero-order valence-corrected chi connectivity index (χ0v) is 8.83. The Morgan fingerprint density at radius 2 is 2.27 bits per heavy atom. The summed E-state index contributed by atoms with van der Waals surface area (Å²) in [5, 5.41) is 12.6. The van der Waals surface area contributed by atoms with Gasteiger partial charge in [-0.25, -0.2) is 0 Å². The van der Waals surface area contributed by atoms with E-state index in [1.54, 1.807) is 0 Å². The minimum atomic E-state index is -0.505. The molecule has 1 N–H and O–H groups in total. The lowest BCUT2D eigenvalue weighted by molar-refractivity contribution is 0.268. The van der Waals surface area contributed by atoms with Gasteiger partial charge in [-0.1, -0.05) is 17.2 Å². The SMILES string of the molecule is CN(C)c1cccc(C(CO)N=[N+]=[N-])c1. The molecule has 80 valence electrons. The van der Waals surface area contributed by atoms with Crippen molar-refractivity contribution in [3.63, 3.8) is 0 Å². The molecule has 0 radical (unpaired) electrons. The molecule has 0 aliphatic carbocycles. The van der Waals surface area contributed by atoms with E-state index >= 15 is 0 Å². The molecular formula is C10H14N4O. The molecule has 0 heterocycles. The molecule has 0 aliphatic rings. The minimum absolute atomic E-state index is 0.180. The zero-order chi connectivity index (χ0) is 11.3. The predicted octanol–water partition coefficient (Wildman–Crippen LogP) is 2.10. The Balaban J connectivity index is 3.02. The first-order chi connectivity index (χ1) is 7.19. The molecule has 5 heteroatoms. The third kappa shape index (κ3) is 2.87. The third-order valence-electron chi connectivity index (χ3n) is 2.14. The van der Waals surface area contributed by atoms with Crippen molar-refractivity contribution < 1.29 is 5.11 Å². The molecule has 0 bridgehead atoms. The van der Waals surface area contributed by atoms with E-state index in [2.05, 4.69) is 10.0 Å². The van der Waals surface area contributed by atoms with Crippen LogP contribution >= 0.6 is 0 Å². The van der Waals surface area contributed by atoms with Crippen LogP contribution in [0.2, 0.25) is 0 Å². The average molecular weight is 206 g/mol. The van der Waals surface area contributed by atoms with Crippen LogP contribution in [-0.4, -0.2) is 25.8 Å². The van der Waals surface area contributed by atoms with Crippen LogP contribution in [0, 0.1) is 0 Å². The molecule has 0 aliphatic heterocycles. The number of hydrogen-bond donors (Lipinski definition) is 1. The molecule has 0 aromatic heterocycles. The number of aliphatic hydroxyl groups is 1. The Kier molecular flexibility index (Phi) is 3.97. The summed E-state index contributed by atoms with van der Waals surface area (Å²) in [6.45, 7) is -0.180. The first-order valence-corrected chi connectivity index (χ1v) is 4.61. The second kappa shape index (κ2) is 5.24. The van der Waals surface area contributed by atoms with Gasteiger partial charge in [0.15, 0.2) is 0 Å². The standard InChI is InChI=1S/C10H14N4O/c1-14(2)9-5-3-4-8(6-9)10(7-15)12-13-11/h3-6,10,15H,7H2,1-2H3. The Bertz CT molecular complexity index is 371. The summed E-state index contributed by atoms with van der Waals surface area (Å²) in [5.41, 5.74) is 10.2. The smallest absolute Gasteiger partial charge is 0.0857 e. The summed E-state index contributed by atoms with van der Waals surface area (Å²) in [4.78, 5) is 4.66. The minimum Gasteiger partial charge on any atom is -0.396 e. The second-order valence-electron chi connectivity index (χ2n) is 3.39. The van der Waals surface area contributed by atoms with Crippen molar-refractivity contribution in [2.24, 2.45) is 5.11 Å². The van der Waals surface area contributed by atoms with Gasteiger partial charge in [0.2, 0.25) is 0 Å². The summed E-state index contributed by atoms with van der Waals surface area (Å²) in [6.07, 6.45) is 0. The monoisotopic (exact) mass is 206 g/mol. The molecule has 15 heavy (non-hydrogen) atoms. The van der Waals surface area contributed by atoms with Gasteiger partial charge < -0.3 is 10.0 Å². The van der Waals surface area contributed by atoms with Crippen molar-refractivity contribution in [1.29, 1.82) is 0 Å². The number of hydrogen-bond acceptors (Lipinski definition) is 3. The molecule has 1 unspecified atom stereocenters. The van der Waals surface area contributed by atoms with E-state index in [1.807, 2.05) is 43.3 Å². The third-order valence-corrected chi connectivity index (χ3v) is 2.14. The first-order valence-electron chi connectivity index (χ1n) is 4.61. The molecule has 0 amide bonds. The molecule has 1 atom stereocenters. The zero-order valence-electron chi connectivity index (χ0n) is 8.83. The molecule has 1 rings (SSSR count). The van der Waals surface area contributed by atoms with Gasteiger partial charge in [-0.3, -0.25) is 0 Å². The summed E-state index contributed by atoms with van der Waals surface area (Å²) >= 11 is 0. The summed E-state index contributed by atoms with van der Waals surface area (Å²) < 4.78 is 0. The maximum absolute atomic E-state index is 9.06. The van der Waals surface area contributed by atoms with Gasteiger partial charge >= 0.3 is 0 Å². The van der Waals surface area contributed by atoms with Crippen molar-refractivity contribution in [2.45, 2.75) is 6.04 Å². The lowest BCUT2D eigenvalue weighted by Crippen LogP contribution is -2.09. The van der Waals surface area contributed by atoms with Crippen molar-refractivity contribution in [3.05, 3.63) is 40.3 Å². The number of rotatable bonds is 4. The van der Waals surface area contributed by atoms with E-state index in [0.717, 1.165) is 11.3 Å². The quantitative estimate of drug-likeness (QED) is 0.465. The van der Waals surface area contributed by atoms with E-state index in [4.69, 9.17) is 10.6 Å². The maximum atomic E-state index is 9.06. The fourth-order valence-corrected chi connectivity index (χ4v) is 1.28. The molecule has 1 aromatic rings. The number of aliphatic hydroxyl groups excluding tert-OH is 1. The molecule has 1 aromatic carbocycles. The number of benzene rings is 1. The van der Waals surface area contributed by atoms with Gasteiger partial charge in [0.1, 0.15) is 0 Å². The Hall–Kier alpha value is -1.71. The summed E-state index contributed by atoms with van der Waals surface area (Å²) in [6, 6.07) is 7.06. The Morgan fingerprint density at radius 1 is 1.53 bits per heavy atom. The lowest BCUT2D eigenvalue weighted by atomic mass is 10.1. The van der Waals surface area contributed by atoms with Crippen molar-refractivity contribution in [1.82, 2.24) is 0 Å². The molecule has 5 nitrogen and oxygen atoms in total.